The second-order valence-electron chi connectivity index (χ2n) is 5.43. The molecular formula is C16H32O5Si. The van der Waals surface area contributed by atoms with E-state index in [0.717, 1.165) is 19.3 Å². The molecule has 1 unspecified atom stereocenters. The Morgan fingerprint density at radius 2 is 1.41 bits per heavy atom. The fourth-order valence-electron chi connectivity index (χ4n) is 1.75. The minimum absolute atomic E-state index is 0.332. The Bertz CT molecular complexity index is 311. The van der Waals surface area contributed by atoms with E-state index in [1.807, 2.05) is 27.7 Å². The summed E-state index contributed by atoms with van der Waals surface area (Å²) < 4.78 is 23.3. The van der Waals surface area contributed by atoms with Gasteiger partial charge in [-0.05, 0) is 33.1 Å². The topological polar surface area (TPSA) is 54.0 Å². The number of hydrogen-bond donors (Lipinski definition) is 0. The van der Waals surface area contributed by atoms with Gasteiger partial charge in [0, 0.05) is 25.4 Å². The van der Waals surface area contributed by atoms with Crippen LogP contribution in [0.5, 0.6) is 0 Å². The summed E-state index contributed by atoms with van der Waals surface area (Å²) in [6.07, 6.45) is 2.33. The van der Waals surface area contributed by atoms with Gasteiger partial charge in [0.1, 0.15) is 6.10 Å². The Labute approximate surface area is 136 Å². The maximum Gasteiger partial charge on any atom is 0.504 e. The van der Waals surface area contributed by atoms with E-state index in [1.165, 1.54) is 0 Å². The highest BCUT2D eigenvalue weighted by Crippen LogP contribution is 2.21. The molecule has 0 radical (unpaired) electrons. The van der Waals surface area contributed by atoms with E-state index >= 15 is 0 Å². The van der Waals surface area contributed by atoms with Crippen LogP contribution in [0.4, 0.5) is 0 Å². The monoisotopic (exact) mass is 332 g/mol. The molecule has 0 aliphatic rings. The molecule has 0 rings (SSSR count). The highest BCUT2D eigenvalue weighted by atomic mass is 28.4. The number of esters is 1. The highest BCUT2D eigenvalue weighted by molar-refractivity contribution is 6.60. The van der Waals surface area contributed by atoms with Crippen LogP contribution < -0.4 is 0 Å². The Hall–Kier alpha value is -0.693. The van der Waals surface area contributed by atoms with E-state index in [4.69, 9.17) is 18.0 Å². The highest BCUT2D eigenvalue weighted by Gasteiger charge is 2.43. The minimum Gasteiger partial charge on any atom is -0.459 e. The molecule has 0 amide bonds. The van der Waals surface area contributed by atoms with E-state index in [0.29, 0.717) is 31.4 Å². The van der Waals surface area contributed by atoms with Crippen LogP contribution >= 0.6 is 0 Å². The van der Waals surface area contributed by atoms with Crippen molar-refractivity contribution in [1.82, 2.24) is 0 Å². The Morgan fingerprint density at radius 3 is 1.73 bits per heavy atom. The average molecular weight is 333 g/mol. The maximum atomic E-state index is 11.7. The molecule has 0 N–H and O–H groups in total. The smallest absolute Gasteiger partial charge is 0.459 e. The molecule has 0 spiro atoms. The van der Waals surface area contributed by atoms with Crippen LogP contribution in [-0.2, 0) is 22.8 Å². The van der Waals surface area contributed by atoms with Gasteiger partial charge in [-0.15, -0.1) is 0 Å². The largest absolute Gasteiger partial charge is 0.504 e. The molecule has 0 aromatic heterocycles. The van der Waals surface area contributed by atoms with Gasteiger partial charge in [-0.3, -0.25) is 0 Å². The summed E-state index contributed by atoms with van der Waals surface area (Å²) in [6.45, 7) is 15.0. The number of rotatable bonds is 13. The van der Waals surface area contributed by atoms with Gasteiger partial charge in [0.15, 0.2) is 0 Å². The molecule has 6 heteroatoms. The van der Waals surface area contributed by atoms with Gasteiger partial charge in [-0.25, -0.2) is 4.79 Å². The van der Waals surface area contributed by atoms with Crippen molar-refractivity contribution in [3.8, 4) is 0 Å². The second-order valence-corrected chi connectivity index (χ2v) is 8.07. The van der Waals surface area contributed by atoms with E-state index in [2.05, 4.69) is 6.58 Å². The van der Waals surface area contributed by atoms with Crippen molar-refractivity contribution in [2.24, 2.45) is 0 Å². The third-order valence-corrected chi connectivity index (χ3v) is 5.78. The molecule has 5 nitrogen and oxygen atoms in total. The number of hydrogen-bond acceptors (Lipinski definition) is 5. The van der Waals surface area contributed by atoms with Gasteiger partial charge in [0.25, 0.3) is 0 Å². The van der Waals surface area contributed by atoms with Crippen LogP contribution in [0.1, 0.15) is 53.9 Å². The summed E-state index contributed by atoms with van der Waals surface area (Å²) >= 11 is 0. The first-order chi connectivity index (χ1) is 10.4. The lowest BCUT2D eigenvalue weighted by Crippen LogP contribution is -2.49. The molecule has 0 bridgehead atoms. The van der Waals surface area contributed by atoms with Gasteiger partial charge in [0.2, 0.25) is 0 Å². The molecule has 0 heterocycles. The van der Waals surface area contributed by atoms with Crippen molar-refractivity contribution in [1.29, 1.82) is 0 Å². The standard InChI is InChI=1S/C16H32O5Si/c1-7-10-18-22(19-11-8-2,20-12-9-3)13-15(6)21-16(17)14(4)5/h15H,4,7-13H2,1-3,5-6H3. The molecule has 0 saturated carbocycles. The molecule has 1 atom stereocenters. The predicted octanol–water partition coefficient (Wildman–Crippen LogP) is 3.71. The quantitative estimate of drug-likeness (QED) is 0.292. The Morgan fingerprint density at radius 1 is 1.00 bits per heavy atom. The lowest BCUT2D eigenvalue weighted by molar-refractivity contribution is -0.143. The molecule has 22 heavy (non-hydrogen) atoms. The lowest BCUT2D eigenvalue weighted by Gasteiger charge is -2.31. The van der Waals surface area contributed by atoms with Crippen LogP contribution in [0, 0.1) is 0 Å². The molecule has 0 aliphatic carbocycles. The Balaban J connectivity index is 4.89. The van der Waals surface area contributed by atoms with Crippen molar-refractivity contribution >= 4 is 14.8 Å². The average Bonchev–Trinajstić information content (AvgIpc) is 2.48. The van der Waals surface area contributed by atoms with E-state index in [-0.39, 0.29) is 6.10 Å². The van der Waals surface area contributed by atoms with Gasteiger partial charge in [0.05, 0.1) is 6.04 Å². The molecule has 130 valence electrons. The van der Waals surface area contributed by atoms with Crippen LogP contribution in [0.3, 0.4) is 0 Å². The zero-order chi connectivity index (χ0) is 17.0. The molecular weight excluding hydrogens is 300 g/mol. The van der Waals surface area contributed by atoms with E-state index < -0.39 is 14.8 Å². The molecule has 0 saturated heterocycles. The third kappa shape index (κ3) is 8.68. The van der Waals surface area contributed by atoms with E-state index in [9.17, 15) is 4.79 Å². The summed E-state index contributed by atoms with van der Waals surface area (Å²) in [5, 5.41) is 0. The zero-order valence-corrected chi connectivity index (χ0v) is 15.8. The van der Waals surface area contributed by atoms with E-state index in [1.54, 1.807) is 6.92 Å². The summed E-state index contributed by atoms with van der Waals surface area (Å²) in [5.41, 5.74) is 0.387. The summed E-state index contributed by atoms with van der Waals surface area (Å²) in [6, 6.07) is 0.464. The summed E-state index contributed by atoms with van der Waals surface area (Å²) in [7, 11) is -2.83. The van der Waals surface area contributed by atoms with Crippen LogP contribution in [0.15, 0.2) is 12.2 Å². The zero-order valence-electron chi connectivity index (χ0n) is 14.8. The van der Waals surface area contributed by atoms with Crippen LogP contribution in [0.25, 0.3) is 0 Å². The molecule has 0 fully saturated rings. The first-order valence-electron chi connectivity index (χ1n) is 8.19. The normalized spacial score (nSPS) is 13.0. The van der Waals surface area contributed by atoms with Crippen molar-refractivity contribution < 1.29 is 22.8 Å². The summed E-state index contributed by atoms with van der Waals surface area (Å²) in [4.78, 5) is 11.7. The van der Waals surface area contributed by atoms with Gasteiger partial charge in [-0.1, -0.05) is 27.4 Å². The minimum atomic E-state index is -2.83. The van der Waals surface area contributed by atoms with Crippen molar-refractivity contribution in [3.05, 3.63) is 12.2 Å². The fraction of sp³-hybridized carbons (Fsp3) is 0.812. The Kier molecular flexibility index (Phi) is 11.4. The lowest BCUT2D eigenvalue weighted by atomic mass is 10.3. The van der Waals surface area contributed by atoms with Crippen molar-refractivity contribution in [3.63, 3.8) is 0 Å². The summed E-state index contributed by atoms with van der Waals surface area (Å²) in [5.74, 6) is -0.392. The van der Waals surface area contributed by atoms with Gasteiger partial charge < -0.3 is 18.0 Å². The number of carbonyl (C=O) groups excluding carboxylic acids is 1. The van der Waals surface area contributed by atoms with Crippen molar-refractivity contribution in [2.75, 3.05) is 19.8 Å². The number of ether oxygens (including phenoxy) is 1. The second kappa shape index (κ2) is 11.8. The van der Waals surface area contributed by atoms with Crippen LogP contribution in [0.2, 0.25) is 6.04 Å². The molecule has 0 aromatic carbocycles. The molecule has 0 aromatic rings. The molecule has 0 aliphatic heterocycles. The van der Waals surface area contributed by atoms with Gasteiger partial charge in [-0.2, -0.15) is 0 Å². The first kappa shape index (κ1) is 21.3. The SMILES string of the molecule is C=C(C)C(=O)OC(C)C[Si](OCCC)(OCCC)OCCC. The maximum absolute atomic E-state index is 11.7. The third-order valence-electron chi connectivity index (χ3n) is 2.77. The fourth-order valence-corrected chi connectivity index (χ4v) is 4.69. The number of carbonyl (C=O) groups is 1. The van der Waals surface area contributed by atoms with Crippen molar-refractivity contribution in [2.45, 2.75) is 66.0 Å². The predicted molar refractivity (Wildman–Crippen MR) is 89.7 cm³/mol. The van der Waals surface area contributed by atoms with Gasteiger partial charge >= 0.3 is 14.8 Å². The first-order valence-corrected chi connectivity index (χ1v) is 10.1. The van der Waals surface area contributed by atoms with Crippen LogP contribution in [-0.4, -0.2) is 40.7 Å².